The summed E-state index contributed by atoms with van der Waals surface area (Å²) in [6.45, 7) is 5.71. The van der Waals surface area contributed by atoms with Crippen LogP contribution in [0.25, 0.3) is 0 Å². The largest absolute Gasteiger partial charge is 0.481 e. The second-order valence-corrected chi connectivity index (χ2v) is 4.89. The number of nitrogens with zero attached hydrogens (tertiary/aromatic N) is 1. The Bertz CT molecular complexity index is 500. The van der Waals surface area contributed by atoms with Gasteiger partial charge in [0, 0.05) is 6.54 Å². The summed E-state index contributed by atoms with van der Waals surface area (Å²) in [4.78, 5) is 26.7. The Kier molecular flexibility index (Phi) is 5.49. The number of hydrogen-bond acceptors (Lipinski definition) is 5. The summed E-state index contributed by atoms with van der Waals surface area (Å²) in [7, 11) is 1.31. The van der Waals surface area contributed by atoms with Gasteiger partial charge in [-0.1, -0.05) is 13.8 Å². The molecule has 20 heavy (non-hydrogen) atoms. The molecule has 0 aliphatic rings. The molecule has 1 aromatic rings. The molecule has 0 aliphatic carbocycles. The molecule has 2 N–H and O–H groups in total. The van der Waals surface area contributed by atoms with E-state index in [0.29, 0.717) is 17.1 Å². The number of anilines is 1. The van der Waals surface area contributed by atoms with E-state index in [4.69, 9.17) is 5.11 Å². The third-order valence-electron chi connectivity index (χ3n) is 3.12. The maximum Gasteiger partial charge on any atom is 0.339 e. The van der Waals surface area contributed by atoms with Crippen LogP contribution in [0, 0.1) is 18.8 Å². The van der Waals surface area contributed by atoms with E-state index >= 15 is 0 Å². The fourth-order valence-electron chi connectivity index (χ4n) is 1.81. The molecule has 0 saturated heterocycles. The average molecular weight is 280 g/mol. The summed E-state index contributed by atoms with van der Waals surface area (Å²) >= 11 is 0. The third-order valence-corrected chi connectivity index (χ3v) is 3.12. The molecule has 1 atom stereocenters. The first-order chi connectivity index (χ1) is 9.36. The van der Waals surface area contributed by atoms with Crippen LogP contribution in [-0.2, 0) is 9.53 Å². The van der Waals surface area contributed by atoms with E-state index in [1.54, 1.807) is 19.1 Å². The minimum absolute atomic E-state index is 0.0236. The van der Waals surface area contributed by atoms with Gasteiger partial charge in [-0.05, 0) is 25.0 Å². The molecule has 1 unspecified atom stereocenters. The third kappa shape index (κ3) is 3.94. The number of nitrogens with one attached hydrogen (secondary N) is 1. The van der Waals surface area contributed by atoms with E-state index in [1.807, 2.05) is 13.8 Å². The predicted octanol–water partition coefficient (Wildman–Crippen LogP) is 1.95. The van der Waals surface area contributed by atoms with E-state index in [0.717, 1.165) is 0 Å². The zero-order valence-corrected chi connectivity index (χ0v) is 12.1. The highest BCUT2D eigenvalue weighted by molar-refractivity contribution is 5.90. The lowest BCUT2D eigenvalue weighted by Gasteiger charge is -2.17. The van der Waals surface area contributed by atoms with Crippen molar-refractivity contribution in [3.8, 4) is 0 Å². The fourth-order valence-corrected chi connectivity index (χ4v) is 1.81. The molecule has 1 aromatic heterocycles. The monoisotopic (exact) mass is 280 g/mol. The molecule has 0 spiro atoms. The molecule has 0 radical (unpaired) electrons. The topological polar surface area (TPSA) is 88.5 Å². The minimum Gasteiger partial charge on any atom is -0.481 e. The predicted molar refractivity (Wildman–Crippen MR) is 74.8 cm³/mol. The van der Waals surface area contributed by atoms with Gasteiger partial charge in [-0.25, -0.2) is 9.78 Å². The summed E-state index contributed by atoms with van der Waals surface area (Å²) in [6.07, 6.45) is 0. The van der Waals surface area contributed by atoms with Gasteiger partial charge in [0.15, 0.2) is 0 Å². The van der Waals surface area contributed by atoms with Crippen LogP contribution in [0.5, 0.6) is 0 Å². The van der Waals surface area contributed by atoms with Crippen molar-refractivity contribution < 1.29 is 19.4 Å². The first-order valence-electron chi connectivity index (χ1n) is 6.39. The molecule has 1 rings (SSSR count). The van der Waals surface area contributed by atoms with Crippen molar-refractivity contribution >= 4 is 17.8 Å². The molecule has 6 heteroatoms. The van der Waals surface area contributed by atoms with Gasteiger partial charge in [0.1, 0.15) is 5.82 Å². The summed E-state index contributed by atoms with van der Waals surface area (Å²) < 4.78 is 4.64. The second-order valence-electron chi connectivity index (χ2n) is 4.89. The molecule has 0 aromatic carbocycles. The van der Waals surface area contributed by atoms with Gasteiger partial charge in [-0.3, -0.25) is 4.79 Å². The van der Waals surface area contributed by atoms with Crippen LogP contribution < -0.4 is 5.32 Å². The van der Waals surface area contributed by atoms with E-state index < -0.39 is 17.9 Å². The SMILES string of the molecule is COC(=O)c1ccc(NCC(C(=O)O)C(C)C)nc1C. The van der Waals surface area contributed by atoms with Crippen molar-refractivity contribution in [2.24, 2.45) is 11.8 Å². The first kappa shape index (κ1) is 15.9. The van der Waals surface area contributed by atoms with Crippen LogP contribution in [0.2, 0.25) is 0 Å². The highest BCUT2D eigenvalue weighted by Gasteiger charge is 2.21. The molecular formula is C14H20N2O4. The molecule has 0 fully saturated rings. The maximum absolute atomic E-state index is 11.4. The quantitative estimate of drug-likeness (QED) is 0.774. The van der Waals surface area contributed by atoms with E-state index in [1.165, 1.54) is 7.11 Å². The number of carbonyl (C=O) groups is 2. The number of hydrogen-bond donors (Lipinski definition) is 2. The van der Waals surface area contributed by atoms with Crippen molar-refractivity contribution in [1.82, 2.24) is 4.98 Å². The second kappa shape index (κ2) is 6.88. The van der Waals surface area contributed by atoms with Crippen molar-refractivity contribution in [2.75, 3.05) is 19.0 Å². The number of carbonyl (C=O) groups excluding carboxylic acids is 1. The van der Waals surface area contributed by atoms with Gasteiger partial charge in [0.2, 0.25) is 0 Å². The van der Waals surface area contributed by atoms with Gasteiger partial charge < -0.3 is 15.2 Å². The van der Waals surface area contributed by atoms with E-state index in [9.17, 15) is 9.59 Å². The van der Waals surface area contributed by atoms with Crippen LogP contribution in [0.3, 0.4) is 0 Å². The van der Waals surface area contributed by atoms with Crippen LogP contribution in [0.4, 0.5) is 5.82 Å². The molecule has 110 valence electrons. The number of aliphatic carboxylic acids is 1. The summed E-state index contributed by atoms with van der Waals surface area (Å²) in [5.41, 5.74) is 0.940. The van der Waals surface area contributed by atoms with Crippen LogP contribution >= 0.6 is 0 Å². The van der Waals surface area contributed by atoms with Crippen LogP contribution in [-0.4, -0.2) is 35.7 Å². The Hall–Kier alpha value is -2.11. The first-order valence-corrected chi connectivity index (χ1v) is 6.39. The molecule has 0 saturated carbocycles. The number of pyridine rings is 1. The normalized spacial score (nSPS) is 12.1. The van der Waals surface area contributed by atoms with Gasteiger partial charge in [-0.15, -0.1) is 0 Å². The highest BCUT2D eigenvalue weighted by Crippen LogP contribution is 2.15. The lowest BCUT2D eigenvalue weighted by atomic mass is 9.96. The van der Waals surface area contributed by atoms with E-state index in [2.05, 4.69) is 15.0 Å². The maximum atomic E-state index is 11.4. The number of aryl methyl sites for hydroxylation is 1. The smallest absolute Gasteiger partial charge is 0.339 e. The number of esters is 1. The Morgan fingerprint density at radius 2 is 2.05 bits per heavy atom. The average Bonchev–Trinajstić information content (AvgIpc) is 2.37. The Morgan fingerprint density at radius 3 is 2.50 bits per heavy atom. The minimum atomic E-state index is -0.838. The lowest BCUT2D eigenvalue weighted by Crippen LogP contribution is -2.27. The van der Waals surface area contributed by atoms with Crippen molar-refractivity contribution in [1.29, 1.82) is 0 Å². The van der Waals surface area contributed by atoms with Gasteiger partial charge in [0.25, 0.3) is 0 Å². The zero-order valence-electron chi connectivity index (χ0n) is 12.1. The van der Waals surface area contributed by atoms with Crippen LogP contribution in [0.15, 0.2) is 12.1 Å². The number of ether oxygens (including phenoxy) is 1. The van der Waals surface area contributed by atoms with Crippen LogP contribution in [0.1, 0.15) is 29.9 Å². The van der Waals surface area contributed by atoms with Gasteiger partial charge in [0.05, 0.1) is 24.3 Å². The number of carboxylic acid groups (broad SMARTS) is 1. The number of carboxylic acids is 1. The number of methoxy groups -OCH3 is 1. The zero-order chi connectivity index (χ0) is 15.3. The van der Waals surface area contributed by atoms with Gasteiger partial charge >= 0.3 is 11.9 Å². The Balaban J connectivity index is 2.77. The summed E-state index contributed by atoms with van der Waals surface area (Å²) in [5, 5.41) is 12.1. The van der Waals surface area contributed by atoms with Crippen molar-refractivity contribution in [2.45, 2.75) is 20.8 Å². The van der Waals surface area contributed by atoms with Gasteiger partial charge in [-0.2, -0.15) is 0 Å². The summed E-state index contributed by atoms with van der Waals surface area (Å²) in [6, 6.07) is 3.25. The standard InChI is InChI=1S/C14H20N2O4/c1-8(2)11(13(17)18)7-15-12-6-5-10(9(3)16-12)14(19)20-4/h5-6,8,11H,7H2,1-4H3,(H,15,16)(H,17,18). The molecule has 1 heterocycles. The Labute approximate surface area is 118 Å². The van der Waals surface area contributed by atoms with Crippen molar-refractivity contribution in [3.05, 3.63) is 23.4 Å². The lowest BCUT2D eigenvalue weighted by molar-refractivity contribution is -0.142. The molecular weight excluding hydrogens is 260 g/mol. The fraction of sp³-hybridized carbons (Fsp3) is 0.500. The Morgan fingerprint density at radius 1 is 1.40 bits per heavy atom. The van der Waals surface area contributed by atoms with Crippen molar-refractivity contribution in [3.63, 3.8) is 0 Å². The molecule has 6 nitrogen and oxygen atoms in total. The molecule has 0 aliphatic heterocycles. The molecule has 0 bridgehead atoms. The van der Waals surface area contributed by atoms with E-state index in [-0.39, 0.29) is 12.5 Å². The number of rotatable bonds is 6. The number of aromatic nitrogens is 1. The molecule has 0 amide bonds. The summed E-state index contributed by atoms with van der Waals surface area (Å²) in [5.74, 6) is -1.20. The highest BCUT2D eigenvalue weighted by atomic mass is 16.5.